The predicted octanol–water partition coefficient (Wildman–Crippen LogP) is 5.77. The van der Waals surface area contributed by atoms with Gasteiger partial charge < -0.3 is 15.1 Å². The van der Waals surface area contributed by atoms with Gasteiger partial charge in [0.1, 0.15) is 5.56 Å². The zero-order valence-electron chi connectivity index (χ0n) is 22.6. The van der Waals surface area contributed by atoms with Gasteiger partial charge in [-0.3, -0.25) is 19.8 Å². The Hall–Kier alpha value is -3.34. The lowest BCUT2D eigenvalue weighted by molar-refractivity contribution is -0.388. The molecule has 1 atom stereocenters. The van der Waals surface area contributed by atoms with E-state index in [2.05, 4.69) is 60.2 Å². The number of nitrogens with one attached hydrogen (secondary N) is 1. The molecule has 2 fully saturated rings. The number of hydrogen-bond acceptors (Lipinski definition) is 6. The van der Waals surface area contributed by atoms with Crippen molar-refractivity contribution in [2.75, 3.05) is 56.0 Å². The van der Waals surface area contributed by atoms with Crippen LogP contribution in [0.2, 0.25) is 0 Å². The van der Waals surface area contributed by atoms with Gasteiger partial charge in [-0.15, -0.1) is 0 Å². The Kier molecular flexibility index (Phi) is 9.71. The van der Waals surface area contributed by atoms with Gasteiger partial charge in [0.25, 0.3) is 5.69 Å². The molecule has 0 aliphatic carbocycles. The van der Waals surface area contributed by atoms with Crippen LogP contribution in [0.5, 0.6) is 0 Å². The van der Waals surface area contributed by atoms with Crippen LogP contribution in [0.4, 0.5) is 30.2 Å². The Balaban J connectivity index is 0.00000441. The van der Waals surface area contributed by atoms with Crippen LogP contribution >= 0.6 is 0 Å². The van der Waals surface area contributed by atoms with E-state index in [1.807, 2.05) is 0 Å². The van der Waals surface area contributed by atoms with Crippen LogP contribution in [0.1, 0.15) is 52.2 Å². The molecule has 4 rings (SSSR count). The topological polar surface area (TPSA) is 82.0 Å². The lowest BCUT2D eigenvalue weighted by Crippen LogP contribution is -2.47. The van der Waals surface area contributed by atoms with Crippen molar-refractivity contribution in [1.82, 2.24) is 9.80 Å². The Morgan fingerprint density at radius 1 is 1.02 bits per heavy atom. The summed E-state index contributed by atoms with van der Waals surface area (Å²) in [7, 11) is 0. The third-order valence-electron chi connectivity index (χ3n) is 7.52. The lowest BCUT2D eigenvalue weighted by Gasteiger charge is -2.36. The maximum atomic E-state index is 13.3. The highest BCUT2D eigenvalue weighted by molar-refractivity contribution is 5.77. The van der Waals surface area contributed by atoms with E-state index in [0.29, 0.717) is 32.5 Å². The summed E-state index contributed by atoms with van der Waals surface area (Å²) >= 11 is 0. The fraction of sp³-hybridized carbons (Fsp3) is 0.552. The monoisotopic (exact) mass is 563 g/mol. The quantitative estimate of drug-likeness (QED) is 0.340. The summed E-state index contributed by atoms with van der Waals surface area (Å²) in [4.78, 5) is 29.2. The van der Waals surface area contributed by atoms with E-state index < -0.39 is 22.4 Å². The second kappa shape index (κ2) is 12.4. The Morgan fingerprint density at radius 3 is 2.25 bits per heavy atom. The van der Waals surface area contributed by atoms with Crippen LogP contribution in [0, 0.1) is 10.1 Å². The molecule has 0 saturated carbocycles. The second-order valence-electron chi connectivity index (χ2n) is 11.3. The fourth-order valence-corrected chi connectivity index (χ4v) is 5.17. The van der Waals surface area contributed by atoms with E-state index in [9.17, 15) is 28.1 Å². The minimum absolute atomic E-state index is 0. The smallest absolute Gasteiger partial charge is 0.380 e. The molecule has 11 heteroatoms. The molecule has 2 saturated heterocycles. The molecule has 1 amide bonds. The summed E-state index contributed by atoms with van der Waals surface area (Å²) in [6, 6.07) is 11.4. The average molecular weight is 564 g/mol. The molecule has 0 aromatic heterocycles. The fourth-order valence-electron chi connectivity index (χ4n) is 5.17. The van der Waals surface area contributed by atoms with Gasteiger partial charge in [-0.2, -0.15) is 13.2 Å². The zero-order valence-corrected chi connectivity index (χ0v) is 22.6. The number of benzene rings is 2. The first-order valence-electron chi connectivity index (χ1n) is 13.3. The van der Waals surface area contributed by atoms with Crippen LogP contribution < -0.4 is 10.2 Å². The number of carbonyl (C=O) groups excluding carboxylic acids is 1. The molecule has 2 aliphatic heterocycles. The Labute approximate surface area is 234 Å². The minimum Gasteiger partial charge on any atom is -0.380 e. The van der Waals surface area contributed by atoms with Crippen molar-refractivity contribution in [3.05, 3.63) is 63.7 Å². The van der Waals surface area contributed by atoms with Gasteiger partial charge >= 0.3 is 6.18 Å². The molecular formula is C29H40F3N5O3. The number of hydrogen-bond donors (Lipinski definition) is 1. The molecule has 0 unspecified atom stereocenters. The van der Waals surface area contributed by atoms with Crippen LogP contribution in [0.25, 0.3) is 0 Å². The zero-order chi connectivity index (χ0) is 28.4. The van der Waals surface area contributed by atoms with Crippen molar-refractivity contribution in [3.63, 3.8) is 0 Å². The van der Waals surface area contributed by atoms with E-state index in [-0.39, 0.29) is 30.5 Å². The lowest BCUT2D eigenvalue weighted by atomic mass is 9.87. The first kappa shape index (κ1) is 31.2. The van der Waals surface area contributed by atoms with Gasteiger partial charge in [-0.25, -0.2) is 0 Å². The molecule has 0 bridgehead atoms. The van der Waals surface area contributed by atoms with Gasteiger partial charge in [0.15, 0.2) is 0 Å². The molecule has 2 aromatic carbocycles. The van der Waals surface area contributed by atoms with Gasteiger partial charge in [-0.1, -0.05) is 40.3 Å². The Morgan fingerprint density at radius 2 is 1.68 bits per heavy atom. The summed E-state index contributed by atoms with van der Waals surface area (Å²) in [6.45, 7) is 11.7. The molecule has 0 spiro atoms. The third-order valence-corrected chi connectivity index (χ3v) is 7.52. The number of halogens is 3. The highest BCUT2D eigenvalue weighted by Gasteiger charge is 2.38. The number of rotatable bonds is 7. The summed E-state index contributed by atoms with van der Waals surface area (Å²) in [5.41, 5.74) is 0.529. The molecule has 8 nitrogen and oxygen atoms in total. The van der Waals surface area contributed by atoms with Crippen LogP contribution in [0.15, 0.2) is 42.5 Å². The number of alkyl halides is 3. The number of carbonyl (C=O) groups is 1. The second-order valence-corrected chi connectivity index (χ2v) is 11.3. The van der Waals surface area contributed by atoms with E-state index >= 15 is 0 Å². The first-order chi connectivity index (χ1) is 18.3. The van der Waals surface area contributed by atoms with Crippen LogP contribution in [-0.2, 0) is 16.4 Å². The first-order valence-corrected chi connectivity index (χ1v) is 13.3. The third kappa shape index (κ3) is 7.65. The van der Waals surface area contributed by atoms with Crippen molar-refractivity contribution in [1.29, 1.82) is 0 Å². The molecule has 1 N–H and O–H groups in total. The van der Waals surface area contributed by atoms with Crippen molar-refractivity contribution in [2.45, 2.75) is 58.7 Å². The number of nitro benzene ring substituents is 1. The maximum Gasteiger partial charge on any atom is 0.423 e. The van der Waals surface area contributed by atoms with E-state index in [1.165, 1.54) is 17.3 Å². The molecule has 2 heterocycles. The average Bonchev–Trinajstić information content (AvgIpc) is 3.35. The largest absolute Gasteiger partial charge is 0.423 e. The molecule has 2 aliphatic rings. The highest BCUT2D eigenvalue weighted by atomic mass is 19.4. The van der Waals surface area contributed by atoms with Crippen LogP contribution in [-0.4, -0.2) is 72.5 Å². The maximum absolute atomic E-state index is 13.3. The van der Waals surface area contributed by atoms with Crippen LogP contribution in [0.3, 0.4) is 0 Å². The number of nitro groups is 1. The van der Waals surface area contributed by atoms with Crippen molar-refractivity contribution in [2.24, 2.45) is 0 Å². The number of amides is 1. The summed E-state index contributed by atoms with van der Waals surface area (Å²) in [6.07, 6.45) is -3.85. The SMILES string of the molecule is C.CC(C)(C)c1ccc(N2CCN(CCC(=O)N3CC[C@H](Nc4ccc([N+](=O)[O-])c(C(F)(F)F)c4)C3)CC2)cc1. The molecule has 220 valence electrons. The summed E-state index contributed by atoms with van der Waals surface area (Å²) in [5, 5.41) is 14.0. The van der Waals surface area contributed by atoms with E-state index in [4.69, 9.17) is 0 Å². The predicted molar refractivity (Wildman–Crippen MR) is 152 cm³/mol. The Bertz CT molecular complexity index is 1170. The number of piperazine rings is 1. The van der Waals surface area contributed by atoms with Gasteiger partial charge in [0.05, 0.1) is 4.92 Å². The standard InChI is InChI=1S/C28H36F3N5O3.CH4/c1-27(2,3)20-4-7-23(8-5-20)34-16-14-33(15-17-34)12-11-26(37)35-13-10-22(19-35)32-21-6-9-25(36(38)39)24(18-21)28(29,30)31;/h4-9,18,22,32H,10-17,19H2,1-3H3;1H4/t22-;/m0./s1. The minimum atomic E-state index is -4.83. The number of likely N-dealkylation sites (tertiary alicyclic amines) is 1. The van der Waals surface area contributed by atoms with Gasteiger partial charge in [0.2, 0.25) is 5.91 Å². The van der Waals surface area contributed by atoms with Crippen molar-refractivity contribution < 1.29 is 22.9 Å². The molecule has 0 radical (unpaired) electrons. The van der Waals surface area contributed by atoms with Crippen molar-refractivity contribution >= 4 is 23.0 Å². The summed E-state index contributed by atoms with van der Waals surface area (Å²) < 4.78 is 39.8. The molecule has 40 heavy (non-hydrogen) atoms. The number of nitrogens with zero attached hydrogens (tertiary/aromatic N) is 4. The van der Waals surface area contributed by atoms with Gasteiger partial charge in [-0.05, 0) is 41.7 Å². The molecule has 2 aromatic rings. The van der Waals surface area contributed by atoms with Crippen molar-refractivity contribution in [3.8, 4) is 0 Å². The highest BCUT2D eigenvalue weighted by Crippen LogP contribution is 2.38. The normalized spacial score (nSPS) is 18.4. The molecular weight excluding hydrogens is 523 g/mol. The number of anilines is 2. The van der Waals surface area contributed by atoms with Gasteiger partial charge in [0, 0.05) is 75.7 Å². The van der Waals surface area contributed by atoms with E-state index in [0.717, 1.165) is 38.3 Å². The van der Waals surface area contributed by atoms with E-state index in [1.54, 1.807) is 4.90 Å². The summed E-state index contributed by atoms with van der Waals surface area (Å²) in [5.74, 6) is 0.0270.